The van der Waals surface area contributed by atoms with Crippen molar-refractivity contribution in [2.24, 2.45) is 10.8 Å². The number of aromatic nitrogens is 1. The number of imide groups is 1. The lowest BCUT2D eigenvalue weighted by Crippen LogP contribution is -2.74. The van der Waals surface area contributed by atoms with Crippen LogP contribution in [0.25, 0.3) is 0 Å². The van der Waals surface area contributed by atoms with Crippen LogP contribution in [0.1, 0.15) is 91.6 Å². The zero-order chi connectivity index (χ0) is 41.2. The van der Waals surface area contributed by atoms with Crippen molar-refractivity contribution >= 4 is 41.0 Å². The van der Waals surface area contributed by atoms with E-state index in [0.29, 0.717) is 53.5 Å². The first-order valence-corrected chi connectivity index (χ1v) is 20.6. The maximum atomic E-state index is 13.4. The van der Waals surface area contributed by atoms with Crippen LogP contribution in [-0.2, 0) is 16.0 Å². The first kappa shape index (κ1) is 41.0. The van der Waals surface area contributed by atoms with Crippen LogP contribution < -0.4 is 25.0 Å². The minimum atomic E-state index is -0.602. The molecule has 7 rings (SSSR count). The summed E-state index contributed by atoms with van der Waals surface area (Å²) >= 11 is 6.24. The molecule has 306 valence electrons. The Labute approximate surface area is 345 Å². The largest absolute Gasteiger partial charge is 0.494 e. The molecule has 0 radical (unpaired) electrons. The summed E-state index contributed by atoms with van der Waals surface area (Å²) in [4.78, 5) is 61.4. The van der Waals surface area contributed by atoms with E-state index in [9.17, 15) is 24.4 Å². The van der Waals surface area contributed by atoms with Crippen LogP contribution in [0, 0.1) is 22.2 Å². The number of carbonyl (C=O) groups excluding carboxylic acids is 4. The number of unbranched alkanes of at least 4 members (excludes halogenated alkanes) is 2. The van der Waals surface area contributed by atoms with Crippen molar-refractivity contribution < 1.29 is 28.7 Å². The van der Waals surface area contributed by atoms with Gasteiger partial charge in [0.15, 0.2) is 0 Å². The van der Waals surface area contributed by atoms with Crippen LogP contribution in [0.3, 0.4) is 0 Å². The molecule has 2 aromatic carbocycles. The number of fused-ring (bicyclic) bond motifs is 1. The van der Waals surface area contributed by atoms with E-state index >= 15 is 0 Å². The third kappa shape index (κ3) is 8.50. The predicted octanol–water partition coefficient (Wildman–Crippen LogP) is 5.39. The van der Waals surface area contributed by atoms with Gasteiger partial charge in [-0.2, -0.15) is 5.26 Å². The number of piperazine rings is 1. The van der Waals surface area contributed by atoms with Crippen LogP contribution in [0.5, 0.6) is 11.5 Å². The Morgan fingerprint density at radius 1 is 0.948 bits per heavy atom. The van der Waals surface area contributed by atoms with Gasteiger partial charge in [-0.25, -0.2) is 4.98 Å². The van der Waals surface area contributed by atoms with Gasteiger partial charge in [0.1, 0.15) is 35.5 Å². The van der Waals surface area contributed by atoms with Crippen LogP contribution in [-0.4, -0.2) is 102 Å². The molecule has 2 saturated heterocycles. The number of ether oxygens (including phenoxy) is 2. The van der Waals surface area contributed by atoms with Crippen molar-refractivity contribution in [3.63, 3.8) is 0 Å². The normalized spacial score (nSPS) is 22.6. The van der Waals surface area contributed by atoms with Crippen molar-refractivity contribution in [2.75, 3.05) is 50.8 Å². The van der Waals surface area contributed by atoms with Crippen LogP contribution in [0.2, 0.25) is 5.02 Å². The van der Waals surface area contributed by atoms with E-state index in [-0.39, 0.29) is 47.1 Å². The molecule has 14 heteroatoms. The summed E-state index contributed by atoms with van der Waals surface area (Å²) in [7, 11) is 0. The van der Waals surface area contributed by atoms with Crippen molar-refractivity contribution in [3.05, 3.63) is 82.0 Å². The maximum Gasteiger partial charge on any atom is 0.254 e. The van der Waals surface area contributed by atoms with Crippen LogP contribution in [0.4, 0.5) is 5.82 Å². The number of piperidine rings is 1. The Morgan fingerprint density at radius 2 is 1.71 bits per heavy atom. The first-order chi connectivity index (χ1) is 27.8. The molecule has 13 nitrogen and oxygen atoms in total. The Balaban J connectivity index is 0.796. The van der Waals surface area contributed by atoms with Gasteiger partial charge in [-0.1, -0.05) is 39.3 Å². The fourth-order valence-electron chi connectivity index (χ4n) is 9.37. The Bertz CT molecular complexity index is 2080. The Hall–Kier alpha value is -5.19. The number of nitriles is 1. The average molecular weight is 810 g/mol. The van der Waals surface area contributed by atoms with E-state index in [1.54, 1.807) is 35.4 Å². The quantitative estimate of drug-likeness (QED) is 0.170. The van der Waals surface area contributed by atoms with Crippen molar-refractivity contribution in [2.45, 2.75) is 84.4 Å². The molecule has 1 unspecified atom stereocenters. The summed E-state index contributed by atoms with van der Waals surface area (Å²) in [5.74, 6) is 1.18. The van der Waals surface area contributed by atoms with Crippen molar-refractivity contribution in [3.8, 4) is 17.6 Å². The molecule has 0 bridgehead atoms. The molecule has 4 heterocycles. The van der Waals surface area contributed by atoms with E-state index < -0.39 is 11.9 Å². The number of nitrogens with one attached hydrogen (secondary N) is 2. The summed E-state index contributed by atoms with van der Waals surface area (Å²) in [5.41, 5.74) is 1.71. The fraction of sp³-hybridized carbons (Fsp3) is 0.500. The van der Waals surface area contributed by atoms with Gasteiger partial charge < -0.3 is 24.6 Å². The molecule has 2 N–H and O–H groups in total. The van der Waals surface area contributed by atoms with Gasteiger partial charge in [-0.15, -0.1) is 0 Å². The Morgan fingerprint density at radius 3 is 2.40 bits per heavy atom. The minimum absolute atomic E-state index is 0.141. The lowest BCUT2D eigenvalue weighted by molar-refractivity contribution is -0.164. The lowest BCUT2D eigenvalue weighted by Gasteiger charge is -2.63. The SMILES string of the molecule is CC1(C)C(NC(=O)c2ccc(N3CCN(CCCCCOc4ccc5c(c4)CCN(C4CCC(=O)NC4=O)C5=O)CC3)nc2)C(C)(C)C1Oc1ccc(C#N)c(Cl)c1. The second-order valence-corrected chi connectivity index (χ2v) is 17.4. The first-order valence-electron chi connectivity index (χ1n) is 20.3. The highest BCUT2D eigenvalue weighted by molar-refractivity contribution is 6.31. The minimum Gasteiger partial charge on any atom is -0.494 e. The second-order valence-electron chi connectivity index (χ2n) is 17.0. The molecule has 1 aromatic heterocycles. The highest BCUT2D eigenvalue weighted by Crippen LogP contribution is 2.55. The van der Waals surface area contributed by atoms with Gasteiger partial charge in [0, 0.05) is 73.8 Å². The van der Waals surface area contributed by atoms with Gasteiger partial charge >= 0.3 is 0 Å². The second kappa shape index (κ2) is 17.0. The highest BCUT2D eigenvalue weighted by atomic mass is 35.5. The topological polar surface area (TPSA) is 157 Å². The summed E-state index contributed by atoms with van der Waals surface area (Å²) < 4.78 is 12.4. The number of hydrogen-bond donors (Lipinski definition) is 2. The third-order valence-electron chi connectivity index (χ3n) is 12.3. The molecule has 4 aliphatic rings. The van der Waals surface area contributed by atoms with Crippen molar-refractivity contribution in [1.82, 2.24) is 25.4 Å². The molecule has 4 amide bonds. The van der Waals surface area contributed by atoms with E-state index in [0.717, 1.165) is 69.1 Å². The van der Waals surface area contributed by atoms with E-state index in [1.165, 1.54) is 0 Å². The number of anilines is 1. The van der Waals surface area contributed by atoms with Gasteiger partial charge in [0.2, 0.25) is 11.8 Å². The number of amides is 4. The molecule has 3 aliphatic heterocycles. The highest BCUT2D eigenvalue weighted by Gasteiger charge is 2.64. The standard InChI is InChI=1S/C44H52ClN7O6/c1-43(2)41(44(3,4)42(43)58-32-10-8-29(26-46)34(45)25-32)49-38(54)30-9-14-36(47-27-30)51-21-19-50(20-22-51)17-6-5-7-23-57-31-11-12-33-28(24-31)16-18-52(40(33)56)35-13-15-37(53)48-39(35)55/h8-12,14,24-25,27,35,41-42H,5-7,13,15-23H2,1-4H3,(H,49,54)(H,48,53,55). The zero-order valence-corrected chi connectivity index (χ0v) is 34.4. The molecule has 0 spiro atoms. The van der Waals surface area contributed by atoms with Gasteiger partial charge in [0.25, 0.3) is 11.8 Å². The van der Waals surface area contributed by atoms with E-state index in [4.69, 9.17) is 21.1 Å². The Kier molecular flexibility index (Phi) is 12.0. The molecule has 3 aromatic rings. The predicted molar refractivity (Wildman–Crippen MR) is 219 cm³/mol. The number of carbonyl (C=O) groups is 4. The maximum absolute atomic E-state index is 13.4. The smallest absolute Gasteiger partial charge is 0.254 e. The van der Waals surface area contributed by atoms with Crippen LogP contribution in [0.15, 0.2) is 54.7 Å². The third-order valence-corrected chi connectivity index (χ3v) is 12.6. The molecular weight excluding hydrogens is 758 g/mol. The number of nitrogens with zero attached hydrogens (tertiary/aromatic N) is 5. The number of pyridine rings is 1. The number of hydrogen-bond acceptors (Lipinski definition) is 10. The summed E-state index contributed by atoms with van der Waals surface area (Å²) in [6.07, 6.45) is 5.76. The van der Waals surface area contributed by atoms with Crippen LogP contribution >= 0.6 is 11.6 Å². The van der Waals surface area contributed by atoms with Crippen molar-refractivity contribution in [1.29, 1.82) is 5.26 Å². The summed E-state index contributed by atoms with van der Waals surface area (Å²) in [6, 6.07) is 15.7. The molecule has 1 aliphatic carbocycles. The van der Waals surface area contributed by atoms with Gasteiger partial charge in [-0.3, -0.25) is 29.4 Å². The number of benzene rings is 2. The zero-order valence-electron chi connectivity index (χ0n) is 33.7. The molecule has 3 fully saturated rings. The molecular formula is C44H52ClN7O6. The number of rotatable bonds is 13. The average Bonchev–Trinajstić information content (AvgIpc) is 3.21. The summed E-state index contributed by atoms with van der Waals surface area (Å²) in [6.45, 7) is 14.0. The van der Waals surface area contributed by atoms with E-state index in [2.05, 4.69) is 59.2 Å². The van der Waals surface area contributed by atoms with E-state index in [1.807, 2.05) is 24.3 Å². The van der Waals surface area contributed by atoms with Gasteiger partial charge in [0.05, 0.1) is 22.8 Å². The molecule has 1 saturated carbocycles. The molecule has 58 heavy (non-hydrogen) atoms. The summed E-state index contributed by atoms with van der Waals surface area (Å²) in [5, 5.41) is 15.1. The fourth-order valence-corrected chi connectivity index (χ4v) is 9.58. The van der Waals surface area contributed by atoms with Gasteiger partial charge in [-0.05, 0) is 86.7 Å². The number of halogens is 1. The molecule has 1 atom stereocenters. The monoisotopic (exact) mass is 809 g/mol. The lowest BCUT2D eigenvalue weighted by atomic mass is 9.49.